The summed E-state index contributed by atoms with van der Waals surface area (Å²) in [7, 11) is 1.66. The number of carboxylic acid groups (broad SMARTS) is 1. The van der Waals surface area contributed by atoms with Gasteiger partial charge in [0.1, 0.15) is 6.04 Å². The van der Waals surface area contributed by atoms with Gasteiger partial charge in [0, 0.05) is 25.7 Å². The molecule has 0 aromatic carbocycles. The minimum atomic E-state index is -0.804. The van der Waals surface area contributed by atoms with Crippen molar-refractivity contribution < 1.29 is 14.6 Å². The summed E-state index contributed by atoms with van der Waals surface area (Å²) >= 11 is 0. The fourth-order valence-electron chi connectivity index (χ4n) is 1.81. The zero-order valence-electron chi connectivity index (χ0n) is 11.6. The van der Waals surface area contributed by atoms with Crippen LogP contribution in [0.2, 0.25) is 0 Å². The summed E-state index contributed by atoms with van der Waals surface area (Å²) in [6.45, 7) is 9.89. The van der Waals surface area contributed by atoms with E-state index in [0.717, 1.165) is 6.54 Å². The molecule has 5 nitrogen and oxygen atoms in total. The topological polar surface area (TPSA) is 61.8 Å². The molecule has 0 saturated heterocycles. The third-order valence-corrected chi connectivity index (χ3v) is 2.69. The molecule has 2 unspecified atom stereocenters. The highest BCUT2D eigenvalue weighted by Crippen LogP contribution is 2.02. The van der Waals surface area contributed by atoms with E-state index in [9.17, 15) is 4.79 Å². The maximum absolute atomic E-state index is 11.1. The maximum Gasteiger partial charge on any atom is 0.322 e. The smallest absolute Gasteiger partial charge is 0.322 e. The Balaban J connectivity index is 4.42. The van der Waals surface area contributed by atoms with Crippen LogP contribution in [-0.4, -0.2) is 60.9 Å². The fraction of sp³-hybridized carbons (Fsp3) is 0.917. The number of carboxylic acids is 1. The lowest BCUT2D eigenvalue weighted by atomic mass is 10.2. The lowest BCUT2D eigenvalue weighted by molar-refractivity contribution is -0.140. The van der Waals surface area contributed by atoms with Crippen LogP contribution in [0.5, 0.6) is 0 Å². The van der Waals surface area contributed by atoms with Crippen molar-refractivity contribution in [1.82, 2.24) is 10.2 Å². The van der Waals surface area contributed by atoms with E-state index in [1.807, 2.05) is 27.7 Å². The van der Waals surface area contributed by atoms with Crippen molar-refractivity contribution in [3.63, 3.8) is 0 Å². The van der Waals surface area contributed by atoms with Crippen molar-refractivity contribution in [3.05, 3.63) is 0 Å². The van der Waals surface area contributed by atoms with E-state index in [2.05, 4.69) is 10.2 Å². The number of nitrogens with one attached hydrogen (secondary N) is 1. The van der Waals surface area contributed by atoms with Crippen molar-refractivity contribution in [3.8, 4) is 0 Å². The van der Waals surface area contributed by atoms with E-state index in [1.54, 1.807) is 7.11 Å². The molecule has 0 bridgehead atoms. The second-order valence-corrected chi connectivity index (χ2v) is 4.60. The first kappa shape index (κ1) is 16.4. The van der Waals surface area contributed by atoms with Crippen LogP contribution in [0.15, 0.2) is 0 Å². The third kappa shape index (κ3) is 6.61. The average Bonchev–Trinajstić information content (AvgIpc) is 2.23. The number of methoxy groups -OCH3 is 1. The Hall–Kier alpha value is -0.650. The van der Waals surface area contributed by atoms with Gasteiger partial charge in [0.05, 0.1) is 6.61 Å². The molecule has 0 fully saturated rings. The molecule has 0 rings (SSSR count). The zero-order chi connectivity index (χ0) is 13.4. The second kappa shape index (κ2) is 8.44. The number of rotatable bonds is 9. The molecule has 0 saturated carbocycles. The van der Waals surface area contributed by atoms with Gasteiger partial charge in [-0.1, -0.05) is 20.8 Å². The maximum atomic E-state index is 11.1. The summed E-state index contributed by atoms with van der Waals surface area (Å²) in [4.78, 5) is 13.3. The standard InChI is InChI=1S/C12H26N2O3/c1-6-14(10(4)8-17-5)7-11(12(15)16)13-9(2)3/h9-11,13H,6-8H2,1-5H3,(H,15,16). The van der Waals surface area contributed by atoms with E-state index in [0.29, 0.717) is 13.2 Å². The molecular formula is C12H26N2O3. The van der Waals surface area contributed by atoms with Crippen LogP contribution >= 0.6 is 0 Å². The number of aliphatic carboxylic acids is 1. The minimum absolute atomic E-state index is 0.160. The van der Waals surface area contributed by atoms with E-state index in [1.165, 1.54) is 0 Å². The molecule has 0 heterocycles. The lowest BCUT2D eigenvalue weighted by Crippen LogP contribution is -2.51. The van der Waals surface area contributed by atoms with E-state index >= 15 is 0 Å². The molecule has 5 heteroatoms. The van der Waals surface area contributed by atoms with Gasteiger partial charge in [-0.15, -0.1) is 0 Å². The highest BCUT2D eigenvalue weighted by Gasteiger charge is 2.23. The Kier molecular flexibility index (Phi) is 8.12. The van der Waals surface area contributed by atoms with Crippen LogP contribution in [0, 0.1) is 0 Å². The summed E-state index contributed by atoms with van der Waals surface area (Å²) in [6.07, 6.45) is 0. The van der Waals surface area contributed by atoms with E-state index in [-0.39, 0.29) is 12.1 Å². The van der Waals surface area contributed by atoms with Gasteiger partial charge < -0.3 is 15.2 Å². The monoisotopic (exact) mass is 246 g/mol. The van der Waals surface area contributed by atoms with Gasteiger partial charge in [0.2, 0.25) is 0 Å². The Labute approximate surface area is 104 Å². The first-order valence-electron chi connectivity index (χ1n) is 6.14. The summed E-state index contributed by atoms with van der Waals surface area (Å²) in [5.41, 5.74) is 0. The quantitative estimate of drug-likeness (QED) is 0.630. The molecule has 2 N–H and O–H groups in total. The van der Waals surface area contributed by atoms with Gasteiger partial charge in [-0.05, 0) is 13.5 Å². The Morgan fingerprint density at radius 1 is 1.41 bits per heavy atom. The predicted molar refractivity (Wildman–Crippen MR) is 68.3 cm³/mol. The largest absolute Gasteiger partial charge is 0.480 e. The van der Waals surface area contributed by atoms with E-state index < -0.39 is 12.0 Å². The normalized spacial score (nSPS) is 15.2. The Morgan fingerprint density at radius 2 is 2.00 bits per heavy atom. The Morgan fingerprint density at radius 3 is 2.35 bits per heavy atom. The molecule has 0 aromatic rings. The molecule has 0 aliphatic carbocycles. The number of carbonyl (C=O) groups is 1. The Bertz CT molecular complexity index is 222. The number of hydrogen-bond acceptors (Lipinski definition) is 4. The number of hydrogen-bond donors (Lipinski definition) is 2. The first-order chi connectivity index (χ1) is 7.92. The van der Waals surface area contributed by atoms with Crippen LogP contribution in [0.3, 0.4) is 0 Å². The van der Waals surface area contributed by atoms with Gasteiger partial charge >= 0.3 is 5.97 Å². The van der Waals surface area contributed by atoms with Gasteiger partial charge in [-0.3, -0.25) is 9.69 Å². The number of nitrogens with zero attached hydrogens (tertiary/aromatic N) is 1. The van der Waals surface area contributed by atoms with Crippen molar-refractivity contribution in [2.75, 3.05) is 26.8 Å². The lowest BCUT2D eigenvalue weighted by Gasteiger charge is -2.30. The van der Waals surface area contributed by atoms with Crippen molar-refractivity contribution in [2.24, 2.45) is 0 Å². The summed E-state index contributed by atoms with van der Waals surface area (Å²) in [5.74, 6) is -0.804. The van der Waals surface area contributed by atoms with E-state index in [4.69, 9.17) is 9.84 Å². The average molecular weight is 246 g/mol. The second-order valence-electron chi connectivity index (χ2n) is 4.60. The van der Waals surface area contributed by atoms with Crippen LogP contribution in [-0.2, 0) is 9.53 Å². The third-order valence-electron chi connectivity index (χ3n) is 2.69. The number of likely N-dealkylation sites (N-methyl/N-ethyl adjacent to an activating group) is 1. The molecule has 0 aliphatic rings. The molecule has 0 aliphatic heterocycles. The highest BCUT2D eigenvalue weighted by atomic mass is 16.5. The predicted octanol–water partition coefficient (Wildman–Crippen LogP) is 0.794. The summed E-state index contributed by atoms with van der Waals surface area (Å²) < 4.78 is 5.10. The highest BCUT2D eigenvalue weighted by molar-refractivity contribution is 5.73. The summed E-state index contributed by atoms with van der Waals surface area (Å²) in [5, 5.41) is 12.2. The molecule has 0 amide bonds. The molecule has 2 atom stereocenters. The number of ether oxygens (including phenoxy) is 1. The van der Waals surface area contributed by atoms with Crippen LogP contribution < -0.4 is 5.32 Å². The molecular weight excluding hydrogens is 220 g/mol. The van der Waals surface area contributed by atoms with Crippen LogP contribution in [0.1, 0.15) is 27.7 Å². The van der Waals surface area contributed by atoms with Crippen LogP contribution in [0.4, 0.5) is 0 Å². The van der Waals surface area contributed by atoms with Gasteiger partial charge in [-0.2, -0.15) is 0 Å². The molecule has 0 radical (unpaired) electrons. The molecule has 0 aromatic heterocycles. The van der Waals surface area contributed by atoms with Crippen molar-refractivity contribution in [1.29, 1.82) is 0 Å². The van der Waals surface area contributed by atoms with Crippen LogP contribution in [0.25, 0.3) is 0 Å². The molecule has 102 valence electrons. The van der Waals surface area contributed by atoms with Crippen molar-refractivity contribution >= 4 is 5.97 Å². The fourth-order valence-corrected chi connectivity index (χ4v) is 1.81. The first-order valence-corrected chi connectivity index (χ1v) is 6.14. The molecule has 17 heavy (non-hydrogen) atoms. The summed E-state index contributed by atoms with van der Waals surface area (Å²) in [6, 6.07) is -0.150. The SMILES string of the molecule is CCN(CC(NC(C)C)C(=O)O)C(C)COC. The van der Waals surface area contributed by atoms with Gasteiger partial charge in [-0.25, -0.2) is 0 Å². The van der Waals surface area contributed by atoms with Crippen molar-refractivity contribution in [2.45, 2.75) is 45.8 Å². The van der Waals surface area contributed by atoms with Gasteiger partial charge in [0.25, 0.3) is 0 Å². The minimum Gasteiger partial charge on any atom is -0.480 e. The van der Waals surface area contributed by atoms with Gasteiger partial charge in [0.15, 0.2) is 0 Å². The molecule has 0 spiro atoms. The zero-order valence-corrected chi connectivity index (χ0v) is 11.6.